The summed E-state index contributed by atoms with van der Waals surface area (Å²) in [5.41, 5.74) is 3.89. The monoisotopic (exact) mass is 283 g/mol. The number of carbonyl (C=O) groups excluding carboxylic acids is 1. The number of anilines is 2. The topological polar surface area (TPSA) is 54.0 Å². The van der Waals surface area contributed by atoms with Crippen LogP contribution in [-0.4, -0.2) is 17.4 Å². The Kier molecular flexibility index (Phi) is 4.93. The molecule has 0 aliphatic rings. The van der Waals surface area contributed by atoms with Gasteiger partial charge in [0.25, 0.3) is 5.91 Å². The van der Waals surface area contributed by atoms with E-state index in [1.165, 1.54) is 5.56 Å². The molecule has 0 bridgehead atoms. The Bertz CT molecular complexity index is 620. The number of rotatable bonds is 5. The van der Waals surface area contributed by atoms with Crippen LogP contribution in [-0.2, 0) is 0 Å². The normalized spacial score (nSPS) is 10.2. The highest BCUT2D eigenvalue weighted by Gasteiger charge is 2.07. The zero-order valence-electron chi connectivity index (χ0n) is 12.7. The molecule has 21 heavy (non-hydrogen) atoms. The van der Waals surface area contributed by atoms with Crippen LogP contribution in [0.2, 0.25) is 0 Å². The zero-order chi connectivity index (χ0) is 15.2. The maximum atomic E-state index is 12.2. The van der Waals surface area contributed by atoms with E-state index in [2.05, 4.69) is 22.5 Å². The van der Waals surface area contributed by atoms with E-state index in [0.717, 1.165) is 24.2 Å². The van der Waals surface area contributed by atoms with Crippen molar-refractivity contribution in [1.82, 2.24) is 4.98 Å². The minimum absolute atomic E-state index is 0.139. The predicted molar refractivity (Wildman–Crippen MR) is 86.9 cm³/mol. The summed E-state index contributed by atoms with van der Waals surface area (Å²) in [5, 5.41) is 6.06. The number of aryl methyl sites for hydroxylation is 2. The van der Waals surface area contributed by atoms with Crippen molar-refractivity contribution < 1.29 is 4.79 Å². The molecule has 1 aromatic carbocycles. The first-order valence-electron chi connectivity index (χ1n) is 7.18. The lowest BCUT2D eigenvalue weighted by molar-refractivity contribution is 0.102. The molecule has 2 aromatic rings. The summed E-state index contributed by atoms with van der Waals surface area (Å²) in [7, 11) is 0. The molecule has 0 atom stereocenters. The summed E-state index contributed by atoms with van der Waals surface area (Å²) >= 11 is 0. The van der Waals surface area contributed by atoms with Crippen LogP contribution in [0.3, 0.4) is 0 Å². The van der Waals surface area contributed by atoms with Gasteiger partial charge in [0.2, 0.25) is 0 Å². The Hall–Kier alpha value is -2.36. The van der Waals surface area contributed by atoms with Gasteiger partial charge >= 0.3 is 0 Å². The van der Waals surface area contributed by atoms with Gasteiger partial charge < -0.3 is 10.6 Å². The molecule has 0 aliphatic heterocycles. The number of nitrogens with one attached hydrogen (secondary N) is 2. The summed E-state index contributed by atoms with van der Waals surface area (Å²) in [6, 6.07) is 9.39. The van der Waals surface area contributed by atoms with Gasteiger partial charge in [-0.15, -0.1) is 0 Å². The maximum absolute atomic E-state index is 12.2. The summed E-state index contributed by atoms with van der Waals surface area (Å²) in [5.74, 6) is 0.417. The first-order valence-corrected chi connectivity index (χ1v) is 7.18. The summed E-state index contributed by atoms with van der Waals surface area (Å²) < 4.78 is 0. The van der Waals surface area contributed by atoms with Crippen LogP contribution in [0, 0.1) is 13.8 Å². The average Bonchev–Trinajstić information content (AvgIpc) is 2.49. The largest absolute Gasteiger partial charge is 0.384 e. The smallest absolute Gasteiger partial charge is 0.256 e. The van der Waals surface area contributed by atoms with E-state index in [0.29, 0.717) is 11.4 Å². The van der Waals surface area contributed by atoms with Crippen LogP contribution in [0.4, 0.5) is 11.5 Å². The number of hydrogen-bond donors (Lipinski definition) is 2. The number of amides is 1. The summed E-state index contributed by atoms with van der Waals surface area (Å²) in [6.07, 6.45) is 2.79. The second-order valence-corrected chi connectivity index (χ2v) is 5.11. The van der Waals surface area contributed by atoms with Crippen LogP contribution < -0.4 is 10.6 Å². The highest BCUT2D eigenvalue weighted by atomic mass is 16.1. The van der Waals surface area contributed by atoms with E-state index in [-0.39, 0.29) is 5.91 Å². The van der Waals surface area contributed by atoms with E-state index >= 15 is 0 Å². The molecule has 1 amide bonds. The molecule has 110 valence electrons. The van der Waals surface area contributed by atoms with Crippen molar-refractivity contribution >= 4 is 17.4 Å². The first kappa shape index (κ1) is 15.0. The molecule has 0 unspecified atom stereocenters. The maximum Gasteiger partial charge on any atom is 0.256 e. The lowest BCUT2D eigenvalue weighted by Gasteiger charge is -2.08. The number of hydrogen-bond acceptors (Lipinski definition) is 3. The lowest BCUT2D eigenvalue weighted by atomic mass is 10.1. The van der Waals surface area contributed by atoms with E-state index in [1.54, 1.807) is 12.3 Å². The Morgan fingerprint density at radius 3 is 2.57 bits per heavy atom. The second-order valence-electron chi connectivity index (χ2n) is 5.11. The van der Waals surface area contributed by atoms with Gasteiger partial charge in [-0.2, -0.15) is 0 Å². The highest BCUT2D eigenvalue weighted by Crippen LogP contribution is 2.13. The van der Waals surface area contributed by atoms with Crippen LogP contribution >= 0.6 is 0 Å². The molecular formula is C17H21N3O. The molecule has 2 N–H and O–H groups in total. The van der Waals surface area contributed by atoms with Gasteiger partial charge in [-0.05, 0) is 55.7 Å². The molecule has 4 heteroatoms. The van der Waals surface area contributed by atoms with Gasteiger partial charge in [-0.25, -0.2) is 4.98 Å². The van der Waals surface area contributed by atoms with Gasteiger partial charge in [-0.1, -0.05) is 13.0 Å². The number of nitrogens with zero attached hydrogens (tertiary/aromatic N) is 1. The SMILES string of the molecule is CCCNc1ccc(NC(=O)c2ccc(C)c(C)c2)nc1. The number of aromatic nitrogens is 1. The second kappa shape index (κ2) is 6.88. The average molecular weight is 283 g/mol. The fourth-order valence-electron chi connectivity index (χ4n) is 1.91. The summed E-state index contributed by atoms with van der Waals surface area (Å²) in [6.45, 7) is 7.05. The van der Waals surface area contributed by atoms with Crippen molar-refractivity contribution in [2.75, 3.05) is 17.2 Å². The van der Waals surface area contributed by atoms with Gasteiger partial charge in [0, 0.05) is 12.1 Å². The van der Waals surface area contributed by atoms with Crippen molar-refractivity contribution in [2.45, 2.75) is 27.2 Å². The van der Waals surface area contributed by atoms with Gasteiger partial charge in [0.05, 0.1) is 11.9 Å². The molecular weight excluding hydrogens is 262 g/mol. The van der Waals surface area contributed by atoms with Crippen molar-refractivity contribution in [1.29, 1.82) is 0 Å². The highest BCUT2D eigenvalue weighted by molar-refractivity contribution is 6.03. The summed E-state index contributed by atoms with van der Waals surface area (Å²) in [4.78, 5) is 16.4. The predicted octanol–water partition coefficient (Wildman–Crippen LogP) is 3.77. The minimum atomic E-state index is -0.139. The van der Waals surface area contributed by atoms with E-state index in [4.69, 9.17) is 0 Å². The van der Waals surface area contributed by atoms with Crippen molar-refractivity contribution in [3.05, 3.63) is 53.2 Å². The zero-order valence-corrected chi connectivity index (χ0v) is 12.7. The first-order chi connectivity index (χ1) is 10.1. The molecule has 4 nitrogen and oxygen atoms in total. The molecule has 1 aromatic heterocycles. The van der Waals surface area contributed by atoms with E-state index in [1.807, 2.05) is 38.1 Å². The third-order valence-electron chi connectivity index (χ3n) is 3.35. The van der Waals surface area contributed by atoms with Crippen LogP contribution in [0.5, 0.6) is 0 Å². The third kappa shape index (κ3) is 4.05. The van der Waals surface area contributed by atoms with E-state index in [9.17, 15) is 4.79 Å². The molecule has 0 spiro atoms. The molecule has 0 fully saturated rings. The van der Waals surface area contributed by atoms with Gasteiger partial charge in [0.15, 0.2) is 0 Å². The molecule has 2 rings (SSSR count). The molecule has 1 heterocycles. The third-order valence-corrected chi connectivity index (χ3v) is 3.35. The number of carbonyl (C=O) groups is 1. The van der Waals surface area contributed by atoms with Crippen LogP contribution in [0.25, 0.3) is 0 Å². The molecule has 0 aliphatic carbocycles. The van der Waals surface area contributed by atoms with Crippen molar-refractivity contribution in [2.24, 2.45) is 0 Å². The fraction of sp³-hybridized carbons (Fsp3) is 0.294. The minimum Gasteiger partial charge on any atom is -0.384 e. The Labute approximate surface area is 125 Å². The number of benzene rings is 1. The van der Waals surface area contributed by atoms with Gasteiger partial charge in [0.1, 0.15) is 5.82 Å². The van der Waals surface area contributed by atoms with Crippen LogP contribution in [0.1, 0.15) is 34.8 Å². The standard InChI is InChI=1S/C17H21N3O/c1-4-9-18-15-7-8-16(19-11-15)20-17(21)14-6-5-12(2)13(3)10-14/h5-8,10-11,18H,4,9H2,1-3H3,(H,19,20,21). The molecule has 0 saturated carbocycles. The Morgan fingerprint density at radius 1 is 1.14 bits per heavy atom. The fourth-order valence-corrected chi connectivity index (χ4v) is 1.91. The molecule has 0 radical (unpaired) electrons. The Balaban J connectivity index is 2.03. The van der Waals surface area contributed by atoms with Gasteiger partial charge in [-0.3, -0.25) is 4.79 Å². The van der Waals surface area contributed by atoms with Crippen LogP contribution in [0.15, 0.2) is 36.5 Å². The molecule has 0 saturated heterocycles. The van der Waals surface area contributed by atoms with E-state index < -0.39 is 0 Å². The lowest BCUT2D eigenvalue weighted by Crippen LogP contribution is -2.13. The van der Waals surface area contributed by atoms with Crippen molar-refractivity contribution in [3.8, 4) is 0 Å². The Morgan fingerprint density at radius 2 is 1.95 bits per heavy atom. The van der Waals surface area contributed by atoms with Crippen molar-refractivity contribution in [3.63, 3.8) is 0 Å². The quantitative estimate of drug-likeness (QED) is 0.878. The number of pyridine rings is 1.